The molecule has 0 unspecified atom stereocenters. The molecule has 0 bridgehead atoms. The first-order chi connectivity index (χ1) is 13.9. The van der Waals surface area contributed by atoms with Crippen molar-refractivity contribution in [1.82, 2.24) is 4.31 Å². The molecule has 0 heterocycles. The third kappa shape index (κ3) is 5.48. The highest BCUT2D eigenvalue weighted by atomic mass is 32.2. The molecule has 1 amide bonds. The predicted molar refractivity (Wildman–Crippen MR) is 113 cm³/mol. The molecule has 2 aromatic carbocycles. The SMILES string of the molecule is CCCN(CCC)S(=O)(=O)c1ccc(NC(=O)c2ccc(OC)cc2OC)cc1. The molecule has 0 aliphatic heterocycles. The summed E-state index contributed by atoms with van der Waals surface area (Å²) >= 11 is 0. The van der Waals surface area contributed by atoms with Crippen LogP contribution in [0.5, 0.6) is 11.5 Å². The molecule has 2 rings (SSSR count). The van der Waals surface area contributed by atoms with Gasteiger partial charge in [0.1, 0.15) is 11.5 Å². The zero-order valence-corrected chi connectivity index (χ0v) is 18.1. The van der Waals surface area contributed by atoms with Crippen LogP contribution >= 0.6 is 0 Å². The first kappa shape index (κ1) is 22.7. The van der Waals surface area contributed by atoms with Crippen molar-refractivity contribution in [2.45, 2.75) is 31.6 Å². The number of carbonyl (C=O) groups is 1. The van der Waals surface area contributed by atoms with Crippen molar-refractivity contribution in [2.75, 3.05) is 32.6 Å². The van der Waals surface area contributed by atoms with E-state index in [1.165, 1.54) is 30.7 Å². The maximum Gasteiger partial charge on any atom is 0.259 e. The second kappa shape index (κ2) is 10.3. The molecule has 0 aliphatic rings. The van der Waals surface area contributed by atoms with Crippen LogP contribution in [0, 0.1) is 0 Å². The molecule has 0 fully saturated rings. The van der Waals surface area contributed by atoms with E-state index in [4.69, 9.17) is 9.47 Å². The van der Waals surface area contributed by atoms with E-state index in [0.29, 0.717) is 35.8 Å². The van der Waals surface area contributed by atoms with Gasteiger partial charge < -0.3 is 14.8 Å². The van der Waals surface area contributed by atoms with E-state index in [-0.39, 0.29) is 10.8 Å². The lowest BCUT2D eigenvalue weighted by Gasteiger charge is -2.21. The fraction of sp³-hybridized carbons (Fsp3) is 0.381. The van der Waals surface area contributed by atoms with E-state index in [0.717, 1.165) is 12.8 Å². The molecule has 7 nitrogen and oxygen atoms in total. The highest BCUT2D eigenvalue weighted by Crippen LogP contribution is 2.26. The first-order valence-electron chi connectivity index (χ1n) is 9.50. The number of methoxy groups -OCH3 is 2. The Bertz CT molecular complexity index is 921. The van der Waals surface area contributed by atoms with Crippen molar-refractivity contribution in [2.24, 2.45) is 0 Å². The van der Waals surface area contributed by atoms with Crippen molar-refractivity contribution in [1.29, 1.82) is 0 Å². The van der Waals surface area contributed by atoms with Crippen molar-refractivity contribution in [3.8, 4) is 11.5 Å². The Morgan fingerprint density at radius 1 is 0.966 bits per heavy atom. The number of amides is 1. The molecule has 0 saturated heterocycles. The van der Waals surface area contributed by atoms with Gasteiger partial charge in [0.2, 0.25) is 10.0 Å². The summed E-state index contributed by atoms with van der Waals surface area (Å²) < 4.78 is 37.5. The summed E-state index contributed by atoms with van der Waals surface area (Å²) in [6.45, 7) is 4.85. The molecule has 0 spiro atoms. The number of hydrogen-bond acceptors (Lipinski definition) is 5. The zero-order valence-electron chi connectivity index (χ0n) is 17.3. The zero-order chi connectivity index (χ0) is 21.4. The molecular weight excluding hydrogens is 392 g/mol. The molecule has 8 heteroatoms. The summed E-state index contributed by atoms with van der Waals surface area (Å²) in [5.74, 6) is 0.603. The molecule has 0 atom stereocenters. The van der Waals surface area contributed by atoms with Crippen LogP contribution in [0.1, 0.15) is 37.0 Å². The van der Waals surface area contributed by atoms with E-state index in [1.54, 1.807) is 30.3 Å². The van der Waals surface area contributed by atoms with Crippen LogP contribution < -0.4 is 14.8 Å². The number of hydrogen-bond donors (Lipinski definition) is 1. The quantitative estimate of drug-likeness (QED) is 0.632. The molecular formula is C21H28N2O5S. The third-order valence-electron chi connectivity index (χ3n) is 4.35. The van der Waals surface area contributed by atoms with E-state index >= 15 is 0 Å². The Morgan fingerprint density at radius 3 is 2.10 bits per heavy atom. The summed E-state index contributed by atoms with van der Waals surface area (Å²) in [7, 11) is -0.545. The fourth-order valence-corrected chi connectivity index (χ4v) is 4.52. The molecule has 0 aliphatic carbocycles. The van der Waals surface area contributed by atoms with Crippen LogP contribution in [0.15, 0.2) is 47.4 Å². The van der Waals surface area contributed by atoms with Gasteiger partial charge in [-0.15, -0.1) is 0 Å². The van der Waals surface area contributed by atoms with Gasteiger partial charge >= 0.3 is 0 Å². The van der Waals surface area contributed by atoms with Crippen molar-refractivity contribution >= 4 is 21.6 Å². The van der Waals surface area contributed by atoms with E-state index < -0.39 is 10.0 Å². The van der Waals surface area contributed by atoms with E-state index in [1.807, 2.05) is 13.8 Å². The molecule has 2 aromatic rings. The normalized spacial score (nSPS) is 11.3. The van der Waals surface area contributed by atoms with Gasteiger partial charge in [-0.3, -0.25) is 4.79 Å². The van der Waals surface area contributed by atoms with Crippen LogP contribution in [0.25, 0.3) is 0 Å². The lowest BCUT2D eigenvalue weighted by Crippen LogP contribution is -2.32. The minimum Gasteiger partial charge on any atom is -0.497 e. The Balaban J connectivity index is 2.19. The fourth-order valence-electron chi connectivity index (χ4n) is 2.89. The number of rotatable bonds is 10. The molecule has 0 radical (unpaired) electrons. The Labute approximate surface area is 172 Å². The van der Waals surface area contributed by atoms with Gasteiger partial charge in [-0.05, 0) is 49.2 Å². The van der Waals surface area contributed by atoms with E-state index in [2.05, 4.69) is 5.32 Å². The smallest absolute Gasteiger partial charge is 0.259 e. The number of nitrogens with one attached hydrogen (secondary N) is 1. The number of benzene rings is 2. The highest BCUT2D eigenvalue weighted by Gasteiger charge is 2.23. The maximum absolute atomic E-state index is 12.8. The second-order valence-electron chi connectivity index (χ2n) is 6.45. The van der Waals surface area contributed by atoms with Gasteiger partial charge in [0.25, 0.3) is 5.91 Å². The van der Waals surface area contributed by atoms with Crippen molar-refractivity contribution in [3.05, 3.63) is 48.0 Å². The van der Waals surface area contributed by atoms with Crippen molar-refractivity contribution < 1.29 is 22.7 Å². The summed E-state index contributed by atoms with van der Waals surface area (Å²) in [4.78, 5) is 12.8. The summed E-state index contributed by atoms with van der Waals surface area (Å²) in [6, 6.07) is 11.1. The number of ether oxygens (including phenoxy) is 2. The lowest BCUT2D eigenvalue weighted by atomic mass is 10.1. The van der Waals surface area contributed by atoms with Crippen LogP contribution in [-0.4, -0.2) is 45.9 Å². The monoisotopic (exact) mass is 420 g/mol. The first-order valence-corrected chi connectivity index (χ1v) is 10.9. The topological polar surface area (TPSA) is 84.9 Å². The molecule has 29 heavy (non-hydrogen) atoms. The summed E-state index contributed by atoms with van der Waals surface area (Å²) in [6.07, 6.45) is 1.49. The minimum absolute atomic E-state index is 0.208. The molecule has 1 N–H and O–H groups in total. The number of carbonyl (C=O) groups excluding carboxylic acids is 1. The van der Waals surface area contributed by atoms with Gasteiger partial charge in [-0.25, -0.2) is 8.42 Å². The maximum atomic E-state index is 12.8. The van der Waals surface area contributed by atoms with Gasteiger partial charge in [-0.1, -0.05) is 13.8 Å². The van der Waals surface area contributed by atoms with Crippen LogP contribution in [-0.2, 0) is 10.0 Å². The van der Waals surface area contributed by atoms with Gasteiger partial charge in [0, 0.05) is 24.8 Å². The third-order valence-corrected chi connectivity index (χ3v) is 6.26. The van der Waals surface area contributed by atoms with Gasteiger partial charge in [0.05, 0.1) is 24.7 Å². The summed E-state index contributed by atoms with van der Waals surface area (Å²) in [5, 5.41) is 2.76. The number of sulfonamides is 1. The van der Waals surface area contributed by atoms with Gasteiger partial charge in [0.15, 0.2) is 0 Å². The number of anilines is 1. The van der Waals surface area contributed by atoms with Crippen molar-refractivity contribution in [3.63, 3.8) is 0 Å². The second-order valence-corrected chi connectivity index (χ2v) is 8.39. The Kier molecular flexibility index (Phi) is 8.04. The van der Waals surface area contributed by atoms with Crippen LogP contribution in [0.2, 0.25) is 0 Å². The average Bonchev–Trinajstić information content (AvgIpc) is 2.73. The standard InChI is InChI=1S/C21H28N2O5S/c1-5-13-23(14-6-2)29(25,26)18-10-7-16(8-11-18)22-21(24)19-12-9-17(27-3)15-20(19)28-4/h7-12,15H,5-6,13-14H2,1-4H3,(H,22,24). The van der Waals surface area contributed by atoms with Crippen LogP contribution in [0.4, 0.5) is 5.69 Å². The molecule has 158 valence electrons. The highest BCUT2D eigenvalue weighted by molar-refractivity contribution is 7.89. The van der Waals surface area contributed by atoms with Gasteiger partial charge in [-0.2, -0.15) is 4.31 Å². The predicted octanol–water partition coefficient (Wildman–Crippen LogP) is 3.77. The molecule has 0 aromatic heterocycles. The number of nitrogens with zero attached hydrogens (tertiary/aromatic N) is 1. The summed E-state index contributed by atoms with van der Waals surface area (Å²) in [5.41, 5.74) is 0.839. The van der Waals surface area contributed by atoms with E-state index in [9.17, 15) is 13.2 Å². The Hall–Kier alpha value is -2.58. The minimum atomic E-state index is -3.55. The lowest BCUT2D eigenvalue weighted by molar-refractivity contribution is 0.102. The largest absolute Gasteiger partial charge is 0.497 e. The Morgan fingerprint density at radius 2 is 1.59 bits per heavy atom. The average molecular weight is 421 g/mol. The molecule has 0 saturated carbocycles. The van der Waals surface area contributed by atoms with Crippen LogP contribution in [0.3, 0.4) is 0 Å².